The molecule has 5 nitrogen and oxygen atoms in total. The molecule has 0 bridgehead atoms. The van der Waals surface area contributed by atoms with Gasteiger partial charge in [-0.1, -0.05) is 35.4 Å². The number of allylic oxidation sites excluding steroid dienone is 1. The highest BCUT2D eigenvalue weighted by atomic mass is 32.2. The van der Waals surface area contributed by atoms with Crippen LogP contribution in [0.25, 0.3) is 5.57 Å². The second kappa shape index (κ2) is 6.46. The van der Waals surface area contributed by atoms with Crippen LogP contribution >= 0.6 is 0 Å². The maximum Gasteiger partial charge on any atom is 0.256 e. The van der Waals surface area contributed by atoms with Crippen molar-refractivity contribution in [1.29, 1.82) is 0 Å². The zero-order valence-corrected chi connectivity index (χ0v) is 15.2. The van der Waals surface area contributed by atoms with Gasteiger partial charge in [0.25, 0.3) is 5.91 Å². The molecule has 2 aromatic carbocycles. The van der Waals surface area contributed by atoms with Crippen LogP contribution in [0.15, 0.2) is 52.9 Å². The molecule has 0 saturated heterocycles. The number of carbonyl (C=O) groups is 1. The number of hydrogen-bond donors (Lipinski definition) is 2. The van der Waals surface area contributed by atoms with Crippen LogP contribution in [0.5, 0.6) is 0 Å². The standard InChI is InChI=1S/C19H20N2O3S/c1-12(2)18-16-10-15(8-9-17(16)21-19(18)22)25(23,24)20-11-14-6-4-13(3)5-7-14/h4-10,20H,11H2,1-3H3,(H,21,22). The molecule has 2 aromatic rings. The summed E-state index contributed by atoms with van der Waals surface area (Å²) in [5, 5.41) is 2.76. The van der Waals surface area contributed by atoms with Crippen LogP contribution in [0.2, 0.25) is 0 Å². The third kappa shape index (κ3) is 3.50. The Morgan fingerprint density at radius 2 is 1.76 bits per heavy atom. The quantitative estimate of drug-likeness (QED) is 0.826. The molecule has 1 amide bonds. The Hall–Kier alpha value is -2.44. The Bertz CT molecular complexity index is 970. The Balaban J connectivity index is 1.88. The molecule has 6 heteroatoms. The Labute approximate surface area is 147 Å². The van der Waals surface area contributed by atoms with E-state index in [0.717, 1.165) is 16.7 Å². The summed E-state index contributed by atoms with van der Waals surface area (Å²) in [7, 11) is -3.67. The minimum absolute atomic E-state index is 0.147. The molecule has 130 valence electrons. The maximum absolute atomic E-state index is 12.6. The van der Waals surface area contributed by atoms with Gasteiger partial charge >= 0.3 is 0 Å². The number of anilines is 1. The lowest BCUT2D eigenvalue weighted by atomic mass is 10.0. The smallest absolute Gasteiger partial charge is 0.256 e. The van der Waals surface area contributed by atoms with Gasteiger partial charge < -0.3 is 5.32 Å². The van der Waals surface area contributed by atoms with Gasteiger partial charge in [0, 0.05) is 23.4 Å². The second-order valence-electron chi connectivity index (χ2n) is 6.35. The highest BCUT2D eigenvalue weighted by molar-refractivity contribution is 7.89. The molecule has 0 spiro atoms. The first kappa shape index (κ1) is 17.4. The van der Waals surface area contributed by atoms with E-state index in [1.807, 2.05) is 45.0 Å². The van der Waals surface area contributed by atoms with E-state index in [-0.39, 0.29) is 17.3 Å². The van der Waals surface area contributed by atoms with Crippen molar-refractivity contribution in [1.82, 2.24) is 4.72 Å². The topological polar surface area (TPSA) is 75.3 Å². The van der Waals surface area contributed by atoms with Crippen molar-refractivity contribution in [3.8, 4) is 0 Å². The van der Waals surface area contributed by atoms with E-state index in [1.165, 1.54) is 6.07 Å². The van der Waals surface area contributed by atoms with Gasteiger partial charge in [0.2, 0.25) is 10.0 Å². The number of sulfonamides is 1. The SMILES string of the molecule is CC(C)=C1C(=O)Nc2ccc(S(=O)(=O)NCc3ccc(C)cc3)cc21. The van der Waals surface area contributed by atoms with Gasteiger partial charge in [0.15, 0.2) is 0 Å². The molecular weight excluding hydrogens is 336 g/mol. The first-order valence-corrected chi connectivity index (χ1v) is 9.45. The highest BCUT2D eigenvalue weighted by Crippen LogP contribution is 2.35. The number of nitrogens with one attached hydrogen (secondary N) is 2. The number of rotatable bonds is 4. The normalized spacial score (nSPS) is 13.6. The van der Waals surface area contributed by atoms with E-state index < -0.39 is 10.0 Å². The lowest BCUT2D eigenvalue weighted by Gasteiger charge is -2.09. The van der Waals surface area contributed by atoms with E-state index in [1.54, 1.807) is 12.1 Å². The summed E-state index contributed by atoms with van der Waals surface area (Å²) >= 11 is 0. The molecule has 2 N–H and O–H groups in total. The van der Waals surface area contributed by atoms with Gasteiger partial charge in [0.05, 0.1) is 4.90 Å². The average Bonchev–Trinajstić information content (AvgIpc) is 2.89. The summed E-state index contributed by atoms with van der Waals surface area (Å²) < 4.78 is 27.8. The first-order valence-electron chi connectivity index (χ1n) is 7.96. The van der Waals surface area contributed by atoms with Crippen molar-refractivity contribution in [3.05, 3.63) is 64.7 Å². The van der Waals surface area contributed by atoms with Crippen molar-refractivity contribution in [2.24, 2.45) is 0 Å². The summed E-state index contributed by atoms with van der Waals surface area (Å²) in [6, 6.07) is 12.4. The fourth-order valence-corrected chi connectivity index (χ4v) is 3.82. The molecule has 0 aliphatic carbocycles. The van der Waals surface area contributed by atoms with E-state index in [0.29, 0.717) is 16.8 Å². The summed E-state index contributed by atoms with van der Waals surface area (Å²) in [5.41, 5.74) is 4.65. The molecule has 0 radical (unpaired) electrons. The molecule has 0 unspecified atom stereocenters. The lowest BCUT2D eigenvalue weighted by Crippen LogP contribution is -2.23. The third-order valence-corrected chi connectivity index (χ3v) is 5.53. The van der Waals surface area contributed by atoms with Gasteiger partial charge in [-0.15, -0.1) is 0 Å². The molecule has 1 aliphatic heterocycles. The minimum atomic E-state index is -3.67. The third-order valence-electron chi connectivity index (χ3n) is 4.13. The summed E-state index contributed by atoms with van der Waals surface area (Å²) in [5.74, 6) is -0.197. The van der Waals surface area contributed by atoms with Crippen molar-refractivity contribution in [3.63, 3.8) is 0 Å². The van der Waals surface area contributed by atoms with Gasteiger partial charge in [-0.25, -0.2) is 13.1 Å². The second-order valence-corrected chi connectivity index (χ2v) is 8.11. The zero-order valence-electron chi connectivity index (χ0n) is 14.4. The number of benzene rings is 2. The molecule has 0 fully saturated rings. The predicted molar refractivity (Wildman–Crippen MR) is 98.5 cm³/mol. The predicted octanol–water partition coefficient (Wildman–Crippen LogP) is 3.22. The van der Waals surface area contributed by atoms with Crippen LogP contribution in [0, 0.1) is 6.92 Å². The molecule has 1 heterocycles. The molecule has 0 saturated carbocycles. The fourth-order valence-electron chi connectivity index (χ4n) is 2.78. The van der Waals surface area contributed by atoms with E-state index in [4.69, 9.17) is 0 Å². The Kier molecular flexibility index (Phi) is 4.49. The number of aryl methyl sites for hydroxylation is 1. The van der Waals surface area contributed by atoms with Gasteiger partial charge in [-0.05, 0) is 44.5 Å². The minimum Gasteiger partial charge on any atom is -0.321 e. The average molecular weight is 356 g/mol. The molecular formula is C19H20N2O3S. The van der Waals surface area contributed by atoms with Crippen LogP contribution in [0.4, 0.5) is 5.69 Å². The van der Waals surface area contributed by atoms with Crippen LogP contribution in [0.3, 0.4) is 0 Å². The fraction of sp³-hybridized carbons (Fsp3) is 0.211. The summed E-state index contributed by atoms with van der Waals surface area (Å²) in [6.07, 6.45) is 0. The Morgan fingerprint density at radius 3 is 2.40 bits per heavy atom. The van der Waals surface area contributed by atoms with Crippen molar-refractivity contribution in [2.45, 2.75) is 32.2 Å². The molecule has 0 aromatic heterocycles. The number of carbonyl (C=O) groups excluding carboxylic acids is 1. The zero-order chi connectivity index (χ0) is 18.2. The number of fused-ring (bicyclic) bond motifs is 1. The van der Waals surface area contributed by atoms with Crippen LogP contribution < -0.4 is 10.0 Å². The highest BCUT2D eigenvalue weighted by Gasteiger charge is 2.27. The maximum atomic E-state index is 12.6. The van der Waals surface area contributed by atoms with E-state index >= 15 is 0 Å². The molecule has 0 atom stereocenters. The summed E-state index contributed by atoms with van der Waals surface area (Å²) in [6.45, 7) is 5.86. The van der Waals surface area contributed by atoms with Gasteiger partial charge in [-0.2, -0.15) is 0 Å². The Morgan fingerprint density at radius 1 is 1.08 bits per heavy atom. The largest absolute Gasteiger partial charge is 0.321 e. The molecule has 25 heavy (non-hydrogen) atoms. The molecule has 1 aliphatic rings. The lowest BCUT2D eigenvalue weighted by molar-refractivity contribution is -0.110. The van der Waals surface area contributed by atoms with E-state index in [9.17, 15) is 13.2 Å². The summed E-state index contributed by atoms with van der Waals surface area (Å²) in [4.78, 5) is 12.2. The van der Waals surface area contributed by atoms with Crippen molar-refractivity contribution < 1.29 is 13.2 Å². The van der Waals surface area contributed by atoms with Gasteiger partial charge in [0.1, 0.15) is 0 Å². The van der Waals surface area contributed by atoms with Crippen LogP contribution in [-0.4, -0.2) is 14.3 Å². The monoisotopic (exact) mass is 356 g/mol. The van der Waals surface area contributed by atoms with Gasteiger partial charge in [-0.3, -0.25) is 4.79 Å². The first-order chi connectivity index (χ1) is 11.8. The number of hydrogen-bond acceptors (Lipinski definition) is 3. The van der Waals surface area contributed by atoms with Crippen LogP contribution in [0.1, 0.15) is 30.5 Å². The van der Waals surface area contributed by atoms with Crippen LogP contribution in [-0.2, 0) is 21.4 Å². The van der Waals surface area contributed by atoms with Crippen molar-refractivity contribution in [2.75, 3.05) is 5.32 Å². The van der Waals surface area contributed by atoms with Crippen molar-refractivity contribution >= 4 is 27.2 Å². The molecule has 3 rings (SSSR count). The van der Waals surface area contributed by atoms with E-state index in [2.05, 4.69) is 10.0 Å². The number of amides is 1.